The Kier molecular flexibility index (Phi) is 5.00. The van der Waals surface area contributed by atoms with Gasteiger partial charge in [-0.05, 0) is 36.4 Å². The van der Waals surface area contributed by atoms with Crippen LogP contribution in [0.2, 0.25) is 10.0 Å². The number of rotatable bonds is 3. The molecule has 2 amide bonds. The molecule has 2 aromatic rings. The van der Waals surface area contributed by atoms with Crippen LogP contribution >= 0.6 is 23.2 Å². The summed E-state index contributed by atoms with van der Waals surface area (Å²) in [4.78, 5) is 23.5. The standard InChI is InChI=1S/C15H11Cl2FN2O2/c1-19-14(21)8-2-4-9(5-3-8)20-15(22)10-6-13(18)12(17)7-11(10)16/h2-7H,1H3,(H,19,21)(H,20,22). The van der Waals surface area contributed by atoms with Crippen molar-refractivity contribution in [2.75, 3.05) is 12.4 Å². The summed E-state index contributed by atoms with van der Waals surface area (Å²) in [5.41, 5.74) is 0.874. The number of carbonyl (C=O) groups is 2. The molecule has 2 rings (SSSR count). The van der Waals surface area contributed by atoms with Crippen LogP contribution in [0.25, 0.3) is 0 Å². The molecule has 2 aromatic carbocycles. The molecule has 0 bridgehead atoms. The predicted octanol–water partition coefficient (Wildman–Crippen LogP) is 3.74. The lowest BCUT2D eigenvalue weighted by Crippen LogP contribution is -2.18. The van der Waals surface area contributed by atoms with E-state index >= 15 is 0 Å². The average molecular weight is 341 g/mol. The first kappa shape index (κ1) is 16.3. The largest absolute Gasteiger partial charge is 0.355 e. The van der Waals surface area contributed by atoms with E-state index in [1.165, 1.54) is 13.1 Å². The Balaban J connectivity index is 2.19. The monoisotopic (exact) mass is 340 g/mol. The molecular formula is C15H11Cl2FN2O2. The van der Waals surface area contributed by atoms with E-state index in [1.54, 1.807) is 24.3 Å². The molecule has 0 heterocycles. The van der Waals surface area contributed by atoms with Gasteiger partial charge in [-0.3, -0.25) is 9.59 Å². The summed E-state index contributed by atoms with van der Waals surface area (Å²) in [5.74, 6) is -1.54. The van der Waals surface area contributed by atoms with E-state index < -0.39 is 11.7 Å². The van der Waals surface area contributed by atoms with E-state index in [-0.39, 0.29) is 21.5 Å². The zero-order chi connectivity index (χ0) is 16.3. The second-order valence-electron chi connectivity index (χ2n) is 4.36. The number of benzene rings is 2. The molecule has 7 heteroatoms. The quantitative estimate of drug-likeness (QED) is 0.836. The number of amides is 2. The molecule has 0 unspecified atom stereocenters. The van der Waals surface area contributed by atoms with Crippen molar-refractivity contribution in [3.63, 3.8) is 0 Å². The van der Waals surface area contributed by atoms with E-state index in [4.69, 9.17) is 23.2 Å². The molecule has 22 heavy (non-hydrogen) atoms. The van der Waals surface area contributed by atoms with Crippen LogP contribution in [-0.2, 0) is 0 Å². The Hall–Kier alpha value is -2.11. The lowest BCUT2D eigenvalue weighted by atomic mass is 10.1. The fraction of sp³-hybridized carbons (Fsp3) is 0.0667. The molecule has 0 saturated heterocycles. The topological polar surface area (TPSA) is 58.2 Å². The maximum Gasteiger partial charge on any atom is 0.257 e. The fourth-order valence-electron chi connectivity index (χ4n) is 1.74. The Morgan fingerprint density at radius 3 is 2.23 bits per heavy atom. The Morgan fingerprint density at radius 2 is 1.64 bits per heavy atom. The number of hydrogen-bond donors (Lipinski definition) is 2. The lowest BCUT2D eigenvalue weighted by molar-refractivity contribution is 0.0962. The van der Waals surface area contributed by atoms with Crippen LogP contribution < -0.4 is 10.6 Å². The van der Waals surface area contributed by atoms with Crippen LogP contribution in [0, 0.1) is 5.82 Å². The second-order valence-corrected chi connectivity index (χ2v) is 5.17. The molecular weight excluding hydrogens is 330 g/mol. The number of anilines is 1. The molecule has 0 radical (unpaired) electrons. The van der Waals surface area contributed by atoms with E-state index in [1.807, 2.05) is 0 Å². The van der Waals surface area contributed by atoms with Crippen molar-refractivity contribution >= 4 is 40.7 Å². The molecule has 4 nitrogen and oxygen atoms in total. The van der Waals surface area contributed by atoms with Crippen molar-refractivity contribution < 1.29 is 14.0 Å². The molecule has 0 aliphatic carbocycles. The second kappa shape index (κ2) is 6.77. The summed E-state index contributed by atoms with van der Waals surface area (Å²) in [6.45, 7) is 0. The van der Waals surface area contributed by atoms with Gasteiger partial charge in [0.05, 0.1) is 15.6 Å². The smallest absolute Gasteiger partial charge is 0.257 e. The van der Waals surface area contributed by atoms with Gasteiger partial charge < -0.3 is 10.6 Å². The third kappa shape index (κ3) is 3.55. The fourth-order valence-corrected chi connectivity index (χ4v) is 2.21. The zero-order valence-corrected chi connectivity index (χ0v) is 12.9. The van der Waals surface area contributed by atoms with Gasteiger partial charge >= 0.3 is 0 Å². The Morgan fingerprint density at radius 1 is 1.00 bits per heavy atom. The molecule has 0 fully saturated rings. The van der Waals surface area contributed by atoms with Crippen LogP contribution in [0.1, 0.15) is 20.7 Å². The van der Waals surface area contributed by atoms with Gasteiger partial charge in [0.25, 0.3) is 11.8 Å². The van der Waals surface area contributed by atoms with E-state index in [0.29, 0.717) is 11.3 Å². The maximum absolute atomic E-state index is 13.4. The first-order chi connectivity index (χ1) is 10.4. The normalized spacial score (nSPS) is 10.2. The van der Waals surface area contributed by atoms with Crippen LogP contribution in [-0.4, -0.2) is 18.9 Å². The number of carbonyl (C=O) groups excluding carboxylic acids is 2. The highest BCUT2D eigenvalue weighted by atomic mass is 35.5. The molecule has 0 aliphatic heterocycles. The first-order valence-electron chi connectivity index (χ1n) is 6.20. The number of nitrogens with one attached hydrogen (secondary N) is 2. The van der Waals surface area contributed by atoms with Gasteiger partial charge in [0.1, 0.15) is 5.82 Å². The van der Waals surface area contributed by atoms with Gasteiger partial charge in [0, 0.05) is 18.3 Å². The highest BCUT2D eigenvalue weighted by Crippen LogP contribution is 2.25. The zero-order valence-electron chi connectivity index (χ0n) is 11.4. The van der Waals surface area contributed by atoms with Gasteiger partial charge in [0.15, 0.2) is 0 Å². The lowest BCUT2D eigenvalue weighted by Gasteiger charge is -2.08. The molecule has 0 aliphatic rings. The minimum absolute atomic E-state index is 0.0288. The van der Waals surface area contributed by atoms with Crippen molar-refractivity contribution in [3.8, 4) is 0 Å². The van der Waals surface area contributed by atoms with E-state index in [0.717, 1.165) is 6.07 Å². The van der Waals surface area contributed by atoms with Crippen LogP contribution in [0.4, 0.5) is 10.1 Å². The number of hydrogen-bond acceptors (Lipinski definition) is 2. The first-order valence-corrected chi connectivity index (χ1v) is 6.96. The Bertz CT molecular complexity index is 733. The third-order valence-corrected chi connectivity index (χ3v) is 3.49. The summed E-state index contributed by atoms with van der Waals surface area (Å²) in [6, 6.07) is 8.36. The molecule has 0 spiro atoms. The van der Waals surface area contributed by atoms with Crippen molar-refractivity contribution in [1.82, 2.24) is 5.32 Å². The van der Waals surface area contributed by atoms with Crippen molar-refractivity contribution in [2.45, 2.75) is 0 Å². The molecule has 114 valence electrons. The van der Waals surface area contributed by atoms with Gasteiger partial charge in [0.2, 0.25) is 0 Å². The third-order valence-electron chi connectivity index (χ3n) is 2.89. The summed E-state index contributed by atoms with van der Waals surface area (Å²) in [6.07, 6.45) is 0. The van der Waals surface area contributed by atoms with Gasteiger partial charge in [-0.2, -0.15) is 0 Å². The SMILES string of the molecule is CNC(=O)c1ccc(NC(=O)c2cc(F)c(Cl)cc2Cl)cc1. The predicted molar refractivity (Wildman–Crippen MR) is 84.2 cm³/mol. The number of halogens is 3. The molecule has 0 aromatic heterocycles. The van der Waals surface area contributed by atoms with Gasteiger partial charge in [-0.1, -0.05) is 23.2 Å². The summed E-state index contributed by atoms with van der Waals surface area (Å²) in [7, 11) is 1.52. The van der Waals surface area contributed by atoms with Gasteiger partial charge in [-0.25, -0.2) is 4.39 Å². The average Bonchev–Trinajstić information content (AvgIpc) is 2.50. The molecule has 2 N–H and O–H groups in total. The minimum Gasteiger partial charge on any atom is -0.355 e. The highest BCUT2D eigenvalue weighted by molar-refractivity contribution is 6.37. The van der Waals surface area contributed by atoms with Crippen LogP contribution in [0.5, 0.6) is 0 Å². The summed E-state index contributed by atoms with van der Waals surface area (Å²) < 4.78 is 13.4. The van der Waals surface area contributed by atoms with Gasteiger partial charge in [-0.15, -0.1) is 0 Å². The summed E-state index contributed by atoms with van der Waals surface area (Å²) in [5, 5.41) is 4.94. The summed E-state index contributed by atoms with van der Waals surface area (Å²) >= 11 is 11.5. The van der Waals surface area contributed by atoms with Crippen LogP contribution in [0.15, 0.2) is 36.4 Å². The maximum atomic E-state index is 13.4. The molecule has 0 saturated carbocycles. The molecule has 0 atom stereocenters. The van der Waals surface area contributed by atoms with E-state index in [9.17, 15) is 14.0 Å². The van der Waals surface area contributed by atoms with Crippen molar-refractivity contribution in [3.05, 3.63) is 63.4 Å². The minimum atomic E-state index is -0.730. The highest BCUT2D eigenvalue weighted by Gasteiger charge is 2.14. The Labute approximate surface area is 136 Å². The van der Waals surface area contributed by atoms with Crippen molar-refractivity contribution in [1.29, 1.82) is 0 Å². The van der Waals surface area contributed by atoms with Crippen LogP contribution in [0.3, 0.4) is 0 Å². The van der Waals surface area contributed by atoms with Crippen molar-refractivity contribution in [2.24, 2.45) is 0 Å². The van der Waals surface area contributed by atoms with E-state index in [2.05, 4.69) is 10.6 Å².